The van der Waals surface area contributed by atoms with Gasteiger partial charge in [0.2, 0.25) is 0 Å². The summed E-state index contributed by atoms with van der Waals surface area (Å²) >= 11 is 5.62. The summed E-state index contributed by atoms with van der Waals surface area (Å²) in [5, 5.41) is 0. The van der Waals surface area contributed by atoms with Crippen LogP contribution in [0.3, 0.4) is 0 Å². The van der Waals surface area contributed by atoms with Crippen LogP contribution in [-0.4, -0.2) is 30.0 Å². The number of halogens is 1. The molecule has 17 heavy (non-hydrogen) atoms. The largest absolute Gasteiger partial charge is 0.373 e. The van der Waals surface area contributed by atoms with Crippen molar-refractivity contribution in [1.82, 2.24) is 0 Å². The highest BCUT2D eigenvalue weighted by Gasteiger charge is 2.34. The summed E-state index contributed by atoms with van der Waals surface area (Å²) in [4.78, 5) is 0. The van der Waals surface area contributed by atoms with Crippen molar-refractivity contribution in [3.05, 3.63) is 0 Å². The van der Waals surface area contributed by atoms with E-state index in [1.54, 1.807) is 0 Å². The maximum atomic E-state index is 5.75. The summed E-state index contributed by atoms with van der Waals surface area (Å²) in [6.07, 6.45) is 0.739. The second-order valence-electron chi connectivity index (χ2n) is 6.42. The molecule has 0 aliphatic carbocycles. The van der Waals surface area contributed by atoms with Gasteiger partial charge in [0, 0.05) is 0 Å². The Hall–Kier alpha value is 0.170. The van der Waals surface area contributed by atoms with Gasteiger partial charge in [-0.15, -0.1) is 0 Å². The van der Waals surface area contributed by atoms with E-state index < -0.39 is 5.60 Å². The Labute approximate surface area is 111 Å². The second kappa shape index (κ2) is 6.37. The zero-order chi connectivity index (χ0) is 13.7. The van der Waals surface area contributed by atoms with Gasteiger partial charge in [-0.2, -0.15) is 0 Å². The van der Waals surface area contributed by atoms with Crippen molar-refractivity contribution in [2.45, 2.75) is 71.7 Å². The molecule has 0 aliphatic heterocycles. The fourth-order valence-electron chi connectivity index (χ4n) is 1.04. The average Bonchev–Trinajstić information content (AvgIpc) is 2.16. The molecule has 0 radical (unpaired) electrons. The van der Waals surface area contributed by atoms with Crippen molar-refractivity contribution in [3.63, 3.8) is 0 Å². The zero-order valence-corrected chi connectivity index (χ0v) is 13.0. The quantitative estimate of drug-likeness (QED) is 0.729. The molecule has 0 spiro atoms. The van der Waals surface area contributed by atoms with Crippen molar-refractivity contribution >= 4 is 11.9 Å². The molecule has 0 aliphatic rings. The van der Waals surface area contributed by atoms with Crippen LogP contribution in [0.4, 0.5) is 0 Å². The third-order valence-electron chi connectivity index (χ3n) is 2.34. The first-order valence-corrected chi connectivity index (χ1v) is 6.42. The van der Waals surface area contributed by atoms with Crippen molar-refractivity contribution in [3.8, 4) is 0 Å². The van der Waals surface area contributed by atoms with Crippen LogP contribution in [0, 0.1) is 0 Å². The van der Waals surface area contributed by atoms with Gasteiger partial charge in [0.25, 0.3) is 0 Å². The van der Waals surface area contributed by atoms with Crippen LogP contribution >= 0.6 is 11.9 Å². The number of ether oxygens (including phenoxy) is 2. The van der Waals surface area contributed by atoms with Crippen LogP contribution in [-0.2, 0) is 13.8 Å². The lowest BCUT2D eigenvalue weighted by Crippen LogP contribution is -2.44. The second-order valence-corrected chi connectivity index (χ2v) is 6.57. The van der Waals surface area contributed by atoms with E-state index in [0.717, 1.165) is 6.42 Å². The van der Waals surface area contributed by atoms with E-state index in [2.05, 4.69) is 0 Å². The summed E-state index contributed by atoms with van der Waals surface area (Å²) < 4.78 is 16.6. The molecule has 0 aromatic carbocycles. The van der Waals surface area contributed by atoms with Crippen LogP contribution < -0.4 is 0 Å². The van der Waals surface area contributed by atoms with Crippen LogP contribution in [0.25, 0.3) is 0 Å². The summed E-state index contributed by atoms with van der Waals surface area (Å²) in [5.74, 6) is 0. The first-order valence-electron chi connectivity index (χ1n) is 6.11. The van der Waals surface area contributed by atoms with Gasteiger partial charge in [-0.25, -0.2) is 0 Å². The van der Waals surface area contributed by atoms with E-state index in [1.807, 2.05) is 48.5 Å². The topological polar surface area (TPSA) is 27.7 Å². The van der Waals surface area contributed by atoms with E-state index in [4.69, 9.17) is 25.6 Å². The predicted octanol–water partition coefficient (Wildman–Crippen LogP) is 3.94. The van der Waals surface area contributed by atoms with E-state index in [9.17, 15) is 0 Å². The lowest BCUT2D eigenvalue weighted by Gasteiger charge is -2.34. The summed E-state index contributed by atoms with van der Waals surface area (Å²) in [6.45, 7) is 14.9. The highest BCUT2D eigenvalue weighted by Crippen LogP contribution is 2.24. The average molecular weight is 267 g/mol. The highest BCUT2D eigenvalue weighted by atomic mass is 35.5. The van der Waals surface area contributed by atoms with Gasteiger partial charge in [0.1, 0.15) is 5.60 Å². The Balaban J connectivity index is 4.46. The first-order chi connectivity index (χ1) is 7.54. The van der Waals surface area contributed by atoms with Gasteiger partial charge in [-0.05, 0) is 48.0 Å². The van der Waals surface area contributed by atoms with Crippen molar-refractivity contribution in [1.29, 1.82) is 0 Å². The van der Waals surface area contributed by atoms with E-state index in [1.165, 1.54) is 0 Å². The zero-order valence-electron chi connectivity index (χ0n) is 12.2. The minimum atomic E-state index is -0.581. The number of hydrogen-bond acceptors (Lipinski definition) is 3. The maximum Gasteiger partial charge on any atom is 0.136 e. The van der Waals surface area contributed by atoms with E-state index in [0.29, 0.717) is 13.2 Å². The minimum absolute atomic E-state index is 0.211. The molecule has 3 nitrogen and oxygen atoms in total. The molecule has 0 atom stereocenters. The predicted molar refractivity (Wildman–Crippen MR) is 71.4 cm³/mol. The fraction of sp³-hybridized carbons (Fsp3) is 1.00. The van der Waals surface area contributed by atoms with Crippen LogP contribution in [0.2, 0.25) is 0 Å². The normalized spacial score (nSPS) is 14.1. The molecule has 0 amide bonds. The molecular weight excluding hydrogens is 240 g/mol. The highest BCUT2D eigenvalue weighted by molar-refractivity contribution is 6.07. The van der Waals surface area contributed by atoms with Gasteiger partial charge in [0.15, 0.2) is 0 Å². The molecule has 0 unspecified atom stereocenters. The maximum absolute atomic E-state index is 5.75. The Morgan fingerprint density at radius 1 is 0.824 bits per heavy atom. The molecule has 0 aromatic heterocycles. The fourth-order valence-corrected chi connectivity index (χ4v) is 1.24. The smallest absolute Gasteiger partial charge is 0.136 e. The summed E-state index contributed by atoms with van der Waals surface area (Å²) in [7, 11) is 0. The molecule has 0 bridgehead atoms. The third-order valence-corrected chi connectivity index (χ3v) is 2.67. The van der Waals surface area contributed by atoms with E-state index >= 15 is 0 Å². The van der Waals surface area contributed by atoms with Crippen LogP contribution in [0.15, 0.2) is 0 Å². The summed E-state index contributed by atoms with van der Waals surface area (Å²) in [5.41, 5.74) is -1.00. The van der Waals surface area contributed by atoms with Crippen LogP contribution in [0.1, 0.15) is 54.9 Å². The molecule has 0 rings (SSSR count). The molecule has 104 valence electrons. The third kappa shape index (κ3) is 7.98. The minimum Gasteiger partial charge on any atom is -0.373 e. The first kappa shape index (κ1) is 17.2. The molecular formula is C13H27ClO3. The van der Waals surface area contributed by atoms with Crippen molar-refractivity contribution in [2.24, 2.45) is 0 Å². The molecule has 0 fully saturated rings. The molecule has 0 saturated heterocycles. The van der Waals surface area contributed by atoms with Gasteiger partial charge in [-0.1, -0.05) is 6.92 Å². The van der Waals surface area contributed by atoms with Gasteiger partial charge in [-0.3, -0.25) is 4.29 Å². The van der Waals surface area contributed by atoms with Gasteiger partial charge >= 0.3 is 0 Å². The monoisotopic (exact) mass is 266 g/mol. The molecule has 4 heteroatoms. The summed E-state index contributed by atoms with van der Waals surface area (Å²) in [6, 6.07) is 0. The molecule has 0 N–H and O–H groups in total. The Bertz CT molecular complexity index is 192. The molecule has 0 saturated carbocycles. The van der Waals surface area contributed by atoms with Crippen LogP contribution in [0.5, 0.6) is 0 Å². The number of hydrogen-bond donors (Lipinski definition) is 0. The van der Waals surface area contributed by atoms with Gasteiger partial charge < -0.3 is 9.47 Å². The standard InChI is InChI=1S/C13H27ClO3/c1-8-13(17-14,9-15-11(2,3)4)10-16-12(5,6)7/h8-10H2,1-7H3. The molecule has 0 aromatic rings. The van der Waals surface area contributed by atoms with E-state index in [-0.39, 0.29) is 11.2 Å². The Morgan fingerprint density at radius 3 is 1.35 bits per heavy atom. The molecule has 0 heterocycles. The lowest BCUT2D eigenvalue weighted by atomic mass is 10.0. The van der Waals surface area contributed by atoms with Crippen molar-refractivity contribution < 1.29 is 13.8 Å². The SMILES string of the molecule is CCC(COC(C)(C)C)(COC(C)(C)C)OCl. The Kier molecular flexibility index (Phi) is 6.43. The lowest BCUT2D eigenvalue weighted by molar-refractivity contribution is -0.138. The Morgan fingerprint density at radius 2 is 1.18 bits per heavy atom. The van der Waals surface area contributed by atoms with Crippen molar-refractivity contribution in [2.75, 3.05) is 13.2 Å². The van der Waals surface area contributed by atoms with Gasteiger partial charge in [0.05, 0.1) is 36.3 Å². The number of rotatable bonds is 6.